The Kier molecular flexibility index (Phi) is 4.27. The lowest BCUT2D eigenvalue weighted by molar-refractivity contribution is -0.138. The Morgan fingerprint density at radius 2 is 2.08 bits per heavy atom. The van der Waals surface area contributed by atoms with Gasteiger partial charge in [0.25, 0.3) is 5.91 Å². The number of amides is 1. The number of β-amino-alcohol motifs (C(OH)–C–C–N with tert-alkyl or cyclic N) is 1. The highest BCUT2D eigenvalue weighted by atomic mass is 19.4. The molecule has 0 spiro atoms. The predicted molar refractivity (Wildman–Crippen MR) is 81.4 cm³/mol. The average Bonchev–Trinajstić information content (AvgIpc) is 3.20. The molecule has 130 valence electrons. The zero-order valence-electron chi connectivity index (χ0n) is 12.9. The maximum Gasteiger partial charge on any atom is 0.416 e. The van der Waals surface area contributed by atoms with Crippen molar-refractivity contribution in [2.75, 3.05) is 6.54 Å². The van der Waals surface area contributed by atoms with Crippen LogP contribution in [0.25, 0.3) is 0 Å². The molecule has 0 unspecified atom stereocenters. The first-order chi connectivity index (χ1) is 11.8. The van der Waals surface area contributed by atoms with Gasteiger partial charge in [-0.3, -0.25) is 4.79 Å². The van der Waals surface area contributed by atoms with Crippen LogP contribution in [-0.4, -0.2) is 33.5 Å². The van der Waals surface area contributed by atoms with Crippen LogP contribution in [0.3, 0.4) is 0 Å². The van der Waals surface area contributed by atoms with Crippen molar-refractivity contribution in [1.82, 2.24) is 9.88 Å². The highest BCUT2D eigenvalue weighted by molar-refractivity contribution is 5.95. The number of hydrogen-bond donors (Lipinski definition) is 2. The van der Waals surface area contributed by atoms with E-state index < -0.39 is 29.8 Å². The van der Waals surface area contributed by atoms with E-state index in [2.05, 4.69) is 4.98 Å². The summed E-state index contributed by atoms with van der Waals surface area (Å²) in [6, 6.07) is 7.34. The van der Waals surface area contributed by atoms with Crippen molar-refractivity contribution >= 4 is 5.91 Å². The smallest absolute Gasteiger partial charge is 0.391 e. The summed E-state index contributed by atoms with van der Waals surface area (Å²) in [6.07, 6.45) is -4.11. The molecule has 2 atom stereocenters. The summed E-state index contributed by atoms with van der Waals surface area (Å²) in [5.74, 6) is -0.531. The Balaban J connectivity index is 1.98. The maximum absolute atomic E-state index is 13.3. The standard InChI is InChI=1S/C17H14F3N3O2/c18-17(19,20)14-4-2-1-3-13(14)15-6-12(24)9-23(15)16(25)10-5-11(7-21)22-8-10/h1-5,8,12,15,22,24H,6,9H2/t12-,15-/m0/s1. The van der Waals surface area contributed by atoms with Crippen molar-refractivity contribution < 1.29 is 23.1 Å². The molecule has 0 saturated carbocycles. The third-order valence-corrected chi connectivity index (χ3v) is 4.22. The molecule has 3 rings (SSSR count). The third kappa shape index (κ3) is 3.23. The van der Waals surface area contributed by atoms with Crippen molar-refractivity contribution in [3.8, 4) is 6.07 Å². The Morgan fingerprint density at radius 3 is 2.72 bits per heavy atom. The quantitative estimate of drug-likeness (QED) is 0.875. The molecule has 1 amide bonds. The molecular formula is C17H14F3N3O2. The lowest BCUT2D eigenvalue weighted by atomic mass is 9.97. The van der Waals surface area contributed by atoms with Crippen LogP contribution in [0, 0.1) is 11.3 Å². The van der Waals surface area contributed by atoms with E-state index in [-0.39, 0.29) is 29.8 Å². The topological polar surface area (TPSA) is 80.1 Å². The van der Waals surface area contributed by atoms with E-state index >= 15 is 0 Å². The van der Waals surface area contributed by atoms with Gasteiger partial charge >= 0.3 is 6.18 Å². The van der Waals surface area contributed by atoms with Crippen molar-refractivity contribution in [3.05, 3.63) is 58.9 Å². The molecule has 1 fully saturated rings. The van der Waals surface area contributed by atoms with Gasteiger partial charge in [0.15, 0.2) is 0 Å². The maximum atomic E-state index is 13.3. The van der Waals surface area contributed by atoms with Crippen molar-refractivity contribution in [1.29, 1.82) is 5.26 Å². The van der Waals surface area contributed by atoms with E-state index in [0.717, 1.165) is 6.07 Å². The Morgan fingerprint density at radius 1 is 1.36 bits per heavy atom. The molecule has 2 heterocycles. The molecule has 25 heavy (non-hydrogen) atoms. The number of nitriles is 1. The third-order valence-electron chi connectivity index (χ3n) is 4.22. The predicted octanol–water partition coefficient (Wildman–Crippen LogP) is 2.85. The number of aromatic nitrogens is 1. The molecular weight excluding hydrogens is 335 g/mol. The number of hydrogen-bond acceptors (Lipinski definition) is 3. The summed E-state index contributed by atoms with van der Waals surface area (Å²) in [7, 11) is 0. The number of aliphatic hydroxyl groups excluding tert-OH is 1. The van der Waals surface area contributed by atoms with Crippen LogP contribution < -0.4 is 0 Å². The largest absolute Gasteiger partial charge is 0.416 e. The van der Waals surface area contributed by atoms with Gasteiger partial charge in [-0.2, -0.15) is 18.4 Å². The first kappa shape index (κ1) is 17.0. The van der Waals surface area contributed by atoms with E-state index in [0.29, 0.717) is 0 Å². The molecule has 0 radical (unpaired) electrons. The number of alkyl halides is 3. The highest BCUT2D eigenvalue weighted by Gasteiger charge is 2.41. The highest BCUT2D eigenvalue weighted by Crippen LogP contribution is 2.40. The van der Waals surface area contributed by atoms with Gasteiger partial charge < -0.3 is 15.0 Å². The molecule has 2 aromatic rings. The Hall–Kier alpha value is -2.79. The number of nitrogens with zero attached hydrogens (tertiary/aromatic N) is 2. The normalized spacial score (nSPS) is 20.5. The molecule has 1 aromatic carbocycles. The summed E-state index contributed by atoms with van der Waals surface area (Å²) in [5, 5.41) is 18.8. The lowest BCUT2D eigenvalue weighted by Gasteiger charge is -2.26. The number of nitrogens with one attached hydrogen (secondary N) is 1. The number of carbonyl (C=O) groups excluding carboxylic acids is 1. The molecule has 8 heteroatoms. The molecule has 1 aliphatic heterocycles. The summed E-state index contributed by atoms with van der Waals surface area (Å²) < 4.78 is 39.9. The molecule has 0 aliphatic carbocycles. The fourth-order valence-corrected chi connectivity index (χ4v) is 3.13. The first-order valence-electron chi connectivity index (χ1n) is 7.55. The van der Waals surface area contributed by atoms with E-state index in [1.807, 2.05) is 6.07 Å². The van der Waals surface area contributed by atoms with Gasteiger partial charge in [-0.05, 0) is 24.1 Å². The second-order valence-electron chi connectivity index (χ2n) is 5.86. The minimum absolute atomic E-state index is 0.0222. The number of rotatable bonds is 2. The molecule has 1 aromatic heterocycles. The van der Waals surface area contributed by atoms with Gasteiger partial charge in [0, 0.05) is 12.7 Å². The number of aromatic amines is 1. The second-order valence-corrected chi connectivity index (χ2v) is 5.86. The van der Waals surface area contributed by atoms with Crippen molar-refractivity contribution in [2.45, 2.75) is 24.7 Å². The summed E-state index contributed by atoms with van der Waals surface area (Å²) in [4.78, 5) is 16.5. The summed E-state index contributed by atoms with van der Waals surface area (Å²) >= 11 is 0. The van der Waals surface area contributed by atoms with Gasteiger partial charge in [-0.25, -0.2) is 0 Å². The Labute approximate surface area is 141 Å². The van der Waals surface area contributed by atoms with Crippen LogP contribution in [0.4, 0.5) is 13.2 Å². The fourth-order valence-electron chi connectivity index (χ4n) is 3.13. The van der Waals surface area contributed by atoms with Gasteiger partial charge in [0.2, 0.25) is 0 Å². The first-order valence-corrected chi connectivity index (χ1v) is 7.55. The molecule has 0 bridgehead atoms. The number of H-pyrrole nitrogens is 1. The number of benzene rings is 1. The summed E-state index contributed by atoms with van der Waals surface area (Å²) in [6.45, 7) is -0.0667. The van der Waals surface area contributed by atoms with E-state index in [4.69, 9.17) is 5.26 Å². The number of likely N-dealkylation sites (tertiary alicyclic amines) is 1. The van der Waals surface area contributed by atoms with Crippen molar-refractivity contribution in [2.24, 2.45) is 0 Å². The summed E-state index contributed by atoms with van der Waals surface area (Å²) in [5.41, 5.74) is -0.523. The van der Waals surface area contributed by atoms with Crippen LogP contribution in [0.15, 0.2) is 36.5 Å². The zero-order valence-corrected chi connectivity index (χ0v) is 12.9. The monoisotopic (exact) mass is 349 g/mol. The van der Waals surface area contributed by atoms with E-state index in [1.165, 1.54) is 35.4 Å². The van der Waals surface area contributed by atoms with E-state index in [9.17, 15) is 23.1 Å². The van der Waals surface area contributed by atoms with Crippen LogP contribution in [0.5, 0.6) is 0 Å². The number of carbonyl (C=O) groups is 1. The number of halogens is 3. The van der Waals surface area contributed by atoms with Gasteiger partial charge in [-0.1, -0.05) is 18.2 Å². The number of aliphatic hydroxyl groups is 1. The average molecular weight is 349 g/mol. The van der Waals surface area contributed by atoms with Crippen LogP contribution in [0.2, 0.25) is 0 Å². The van der Waals surface area contributed by atoms with Gasteiger partial charge in [-0.15, -0.1) is 0 Å². The van der Waals surface area contributed by atoms with Crippen LogP contribution in [0.1, 0.15) is 39.6 Å². The van der Waals surface area contributed by atoms with Gasteiger partial charge in [0.05, 0.1) is 23.3 Å². The zero-order chi connectivity index (χ0) is 18.2. The minimum atomic E-state index is -4.55. The molecule has 2 N–H and O–H groups in total. The second kappa shape index (κ2) is 6.26. The fraction of sp³-hybridized carbons (Fsp3) is 0.294. The molecule has 1 aliphatic rings. The SMILES string of the molecule is N#Cc1cc(C(=O)N2C[C@@H](O)C[C@H]2c2ccccc2C(F)(F)F)c[nH]1. The van der Waals surface area contributed by atoms with Crippen molar-refractivity contribution in [3.63, 3.8) is 0 Å². The molecule has 1 saturated heterocycles. The lowest BCUT2D eigenvalue weighted by Crippen LogP contribution is -2.32. The minimum Gasteiger partial charge on any atom is -0.391 e. The molecule has 5 nitrogen and oxygen atoms in total. The Bertz CT molecular complexity index is 838. The van der Waals surface area contributed by atoms with Crippen LogP contribution >= 0.6 is 0 Å². The van der Waals surface area contributed by atoms with Crippen LogP contribution in [-0.2, 0) is 6.18 Å². The van der Waals surface area contributed by atoms with E-state index in [1.54, 1.807) is 0 Å². The van der Waals surface area contributed by atoms with Gasteiger partial charge in [0.1, 0.15) is 11.8 Å².